The number of pyridine rings is 1. The summed E-state index contributed by atoms with van der Waals surface area (Å²) in [5.41, 5.74) is 6.11. The number of benzene rings is 1. The van der Waals surface area contributed by atoms with Crippen molar-refractivity contribution in [2.45, 2.75) is 13.0 Å². The molecule has 0 fully saturated rings. The molecule has 0 amide bonds. The van der Waals surface area contributed by atoms with Gasteiger partial charge in [-0.3, -0.25) is 4.98 Å². The van der Waals surface area contributed by atoms with E-state index in [4.69, 9.17) is 27.3 Å². The highest BCUT2D eigenvalue weighted by molar-refractivity contribution is 9.10. The van der Waals surface area contributed by atoms with Crippen molar-refractivity contribution in [2.24, 2.45) is 10.9 Å². The Hall–Kier alpha value is -1.53. The number of aromatic nitrogens is 1. The van der Waals surface area contributed by atoms with Crippen molar-refractivity contribution in [3.05, 3.63) is 33.9 Å². The average molecular weight is 345 g/mol. The number of nitrogens with zero attached hydrogens (tertiary/aromatic N) is 2. The highest BCUT2D eigenvalue weighted by atomic mass is 79.9. The quantitative estimate of drug-likeness (QED) is 0.388. The Balaban J connectivity index is 2.54. The SMILES string of the molecule is CC(Oc1c(Br)cc(Cl)c2cccnc12)C(N)=NO. The summed E-state index contributed by atoms with van der Waals surface area (Å²) in [5.74, 6) is 0.477. The van der Waals surface area contributed by atoms with Crippen LogP contribution in [0.3, 0.4) is 0 Å². The van der Waals surface area contributed by atoms with Gasteiger partial charge in [0.15, 0.2) is 17.7 Å². The number of rotatable bonds is 3. The monoisotopic (exact) mass is 343 g/mol. The average Bonchev–Trinajstić information content (AvgIpc) is 2.42. The summed E-state index contributed by atoms with van der Waals surface area (Å²) in [6, 6.07) is 5.36. The summed E-state index contributed by atoms with van der Waals surface area (Å²) in [6.07, 6.45) is 1.05. The van der Waals surface area contributed by atoms with Gasteiger partial charge in [0.25, 0.3) is 0 Å². The second kappa shape index (κ2) is 5.63. The third-order valence-electron chi connectivity index (χ3n) is 2.58. The number of oxime groups is 1. The van der Waals surface area contributed by atoms with Crippen molar-refractivity contribution in [3.63, 3.8) is 0 Å². The van der Waals surface area contributed by atoms with E-state index < -0.39 is 6.10 Å². The molecule has 1 aromatic carbocycles. The Bertz CT molecular complexity index is 648. The third-order valence-corrected chi connectivity index (χ3v) is 3.48. The van der Waals surface area contributed by atoms with Crippen molar-refractivity contribution in [1.29, 1.82) is 0 Å². The lowest BCUT2D eigenvalue weighted by Crippen LogP contribution is -2.31. The molecular weight excluding hydrogens is 334 g/mol. The molecule has 3 N–H and O–H groups in total. The minimum absolute atomic E-state index is 0.0223. The molecular formula is C12H11BrClN3O2. The van der Waals surface area contributed by atoms with Crippen LogP contribution in [0.15, 0.2) is 34.0 Å². The molecule has 100 valence electrons. The summed E-state index contributed by atoms with van der Waals surface area (Å²) in [5, 5.41) is 12.9. The lowest BCUT2D eigenvalue weighted by atomic mass is 10.2. The second-order valence-corrected chi connectivity index (χ2v) is 5.12. The Morgan fingerprint density at radius 1 is 1.63 bits per heavy atom. The maximum absolute atomic E-state index is 8.64. The highest BCUT2D eigenvalue weighted by Crippen LogP contribution is 2.37. The number of nitrogens with two attached hydrogens (primary N) is 1. The second-order valence-electron chi connectivity index (χ2n) is 3.85. The predicted molar refractivity (Wildman–Crippen MR) is 78.0 cm³/mol. The third kappa shape index (κ3) is 2.74. The number of fused-ring (bicyclic) bond motifs is 1. The van der Waals surface area contributed by atoms with Gasteiger partial charge in [0.05, 0.1) is 9.50 Å². The Kier molecular flexibility index (Phi) is 4.11. The van der Waals surface area contributed by atoms with Gasteiger partial charge in [0.1, 0.15) is 5.52 Å². The molecule has 0 saturated heterocycles. The molecule has 2 aromatic rings. The first kappa shape index (κ1) is 13.9. The van der Waals surface area contributed by atoms with E-state index in [0.29, 0.717) is 20.8 Å². The van der Waals surface area contributed by atoms with Gasteiger partial charge in [-0.25, -0.2) is 0 Å². The molecule has 5 nitrogen and oxygen atoms in total. The van der Waals surface area contributed by atoms with Crippen LogP contribution in [0.5, 0.6) is 5.75 Å². The summed E-state index contributed by atoms with van der Waals surface area (Å²) >= 11 is 9.52. The lowest BCUT2D eigenvalue weighted by Gasteiger charge is -2.16. The van der Waals surface area contributed by atoms with Gasteiger partial charge in [0, 0.05) is 11.6 Å². The number of ether oxygens (including phenoxy) is 1. The molecule has 0 radical (unpaired) electrons. The van der Waals surface area contributed by atoms with Crippen molar-refractivity contribution in [3.8, 4) is 5.75 Å². The van der Waals surface area contributed by atoms with Gasteiger partial charge < -0.3 is 15.7 Å². The molecule has 0 aliphatic rings. The van der Waals surface area contributed by atoms with E-state index in [1.165, 1.54) is 0 Å². The zero-order valence-electron chi connectivity index (χ0n) is 9.97. The maximum Gasteiger partial charge on any atom is 0.180 e. The van der Waals surface area contributed by atoms with Crippen LogP contribution >= 0.6 is 27.5 Å². The Morgan fingerprint density at radius 3 is 3.05 bits per heavy atom. The molecule has 1 aromatic heterocycles. The molecule has 2 rings (SSSR count). The summed E-state index contributed by atoms with van der Waals surface area (Å²) < 4.78 is 6.34. The minimum Gasteiger partial charge on any atom is -0.479 e. The molecule has 19 heavy (non-hydrogen) atoms. The number of hydrogen-bond acceptors (Lipinski definition) is 4. The van der Waals surface area contributed by atoms with E-state index >= 15 is 0 Å². The normalized spacial score (nSPS) is 13.5. The standard InChI is InChI=1S/C12H11BrClN3O2/c1-6(12(15)17-18)19-11-8(13)5-9(14)7-3-2-4-16-10(7)11/h2-6,18H,1H3,(H2,15,17). The van der Waals surface area contributed by atoms with Gasteiger partial charge >= 0.3 is 0 Å². The van der Waals surface area contributed by atoms with Gasteiger partial charge in [0.2, 0.25) is 0 Å². The van der Waals surface area contributed by atoms with Crippen LogP contribution in [0.1, 0.15) is 6.92 Å². The fourth-order valence-corrected chi connectivity index (χ4v) is 2.48. The zero-order chi connectivity index (χ0) is 14.0. The van der Waals surface area contributed by atoms with Gasteiger partial charge in [-0.2, -0.15) is 0 Å². The molecule has 1 heterocycles. The zero-order valence-corrected chi connectivity index (χ0v) is 12.3. The minimum atomic E-state index is -0.590. The number of amidine groups is 1. The van der Waals surface area contributed by atoms with Crippen molar-refractivity contribution in [2.75, 3.05) is 0 Å². The predicted octanol–water partition coefficient (Wildman–Crippen LogP) is 3.16. The molecule has 0 aliphatic carbocycles. The maximum atomic E-state index is 8.64. The van der Waals surface area contributed by atoms with Crippen molar-refractivity contribution in [1.82, 2.24) is 4.98 Å². The Labute approximate surface area is 123 Å². The first-order valence-corrected chi connectivity index (χ1v) is 6.58. The van der Waals surface area contributed by atoms with Crippen LogP contribution in [-0.4, -0.2) is 22.1 Å². The first-order valence-electron chi connectivity index (χ1n) is 5.41. The van der Waals surface area contributed by atoms with Gasteiger partial charge in [-0.15, -0.1) is 0 Å². The number of halogens is 2. The fourth-order valence-electron chi connectivity index (χ4n) is 1.58. The summed E-state index contributed by atoms with van der Waals surface area (Å²) in [7, 11) is 0. The molecule has 0 bridgehead atoms. The molecule has 0 spiro atoms. The summed E-state index contributed by atoms with van der Waals surface area (Å²) in [6.45, 7) is 1.67. The van der Waals surface area contributed by atoms with E-state index in [1.807, 2.05) is 6.07 Å². The van der Waals surface area contributed by atoms with E-state index in [0.717, 1.165) is 5.39 Å². The van der Waals surface area contributed by atoms with Crippen LogP contribution in [0.25, 0.3) is 10.9 Å². The fraction of sp³-hybridized carbons (Fsp3) is 0.167. The first-order chi connectivity index (χ1) is 9.04. The molecule has 0 saturated carbocycles. The van der Waals surface area contributed by atoms with Gasteiger partial charge in [-0.05, 0) is 41.1 Å². The van der Waals surface area contributed by atoms with Crippen LogP contribution in [0.4, 0.5) is 0 Å². The number of hydrogen-bond donors (Lipinski definition) is 2. The van der Waals surface area contributed by atoms with Gasteiger partial charge in [-0.1, -0.05) is 16.8 Å². The Morgan fingerprint density at radius 2 is 2.37 bits per heavy atom. The molecule has 0 aliphatic heterocycles. The lowest BCUT2D eigenvalue weighted by molar-refractivity contribution is 0.266. The van der Waals surface area contributed by atoms with Crippen LogP contribution in [0, 0.1) is 0 Å². The smallest absolute Gasteiger partial charge is 0.180 e. The molecule has 7 heteroatoms. The van der Waals surface area contributed by atoms with Crippen molar-refractivity contribution >= 4 is 44.3 Å². The molecule has 1 unspecified atom stereocenters. The van der Waals surface area contributed by atoms with E-state index in [-0.39, 0.29) is 5.84 Å². The van der Waals surface area contributed by atoms with Crippen molar-refractivity contribution < 1.29 is 9.94 Å². The molecule has 1 atom stereocenters. The van der Waals surface area contributed by atoms with E-state index in [2.05, 4.69) is 26.1 Å². The largest absolute Gasteiger partial charge is 0.479 e. The van der Waals surface area contributed by atoms with Crippen LogP contribution < -0.4 is 10.5 Å². The van der Waals surface area contributed by atoms with Crippen LogP contribution in [-0.2, 0) is 0 Å². The van der Waals surface area contributed by atoms with E-state index in [9.17, 15) is 0 Å². The topological polar surface area (TPSA) is 80.7 Å². The van der Waals surface area contributed by atoms with E-state index in [1.54, 1.807) is 25.3 Å². The highest BCUT2D eigenvalue weighted by Gasteiger charge is 2.16. The summed E-state index contributed by atoms with van der Waals surface area (Å²) in [4.78, 5) is 4.26. The van der Waals surface area contributed by atoms with Crippen LogP contribution in [0.2, 0.25) is 5.02 Å².